The summed E-state index contributed by atoms with van der Waals surface area (Å²) in [6.45, 7) is 10.5. The summed E-state index contributed by atoms with van der Waals surface area (Å²) in [5, 5.41) is 19.9. The van der Waals surface area contributed by atoms with Gasteiger partial charge in [-0.3, -0.25) is 29.5 Å². The molecule has 0 aromatic carbocycles. The van der Waals surface area contributed by atoms with E-state index in [2.05, 4.69) is 25.7 Å². The Kier molecular flexibility index (Phi) is 7.99. The number of aromatic nitrogens is 5. The Labute approximate surface area is 203 Å². The molecule has 5 N–H and O–H groups in total. The first-order chi connectivity index (χ1) is 16.5. The van der Waals surface area contributed by atoms with Gasteiger partial charge in [-0.25, -0.2) is 9.97 Å². The van der Waals surface area contributed by atoms with Crippen LogP contribution in [0.15, 0.2) is 30.5 Å². The molecule has 0 aliphatic rings. The van der Waals surface area contributed by atoms with Gasteiger partial charge in [0, 0.05) is 25.8 Å². The highest BCUT2D eigenvalue weighted by molar-refractivity contribution is 6.03. The van der Waals surface area contributed by atoms with E-state index >= 15 is 0 Å². The number of ether oxygens (including phenoxy) is 1. The van der Waals surface area contributed by atoms with Crippen molar-refractivity contribution >= 4 is 28.9 Å². The van der Waals surface area contributed by atoms with Crippen molar-refractivity contribution in [2.24, 2.45) is 5.73 Å². The highest BCUT2D eigenvalue weighted by Gasteiger charge is 2.19. The maximum absolute atomic E-state index is 13.0. The van der Waals surface area contributed by atoms with Gasteiger partial charge in [0.25, 0.3) is 5.91 Å². The number of nitrogens with one attached hydrogen (secondary N) is 2. The number of hydrogen-bond acceptors (Lipinski definition) is 8. The third-order valence-electron chi connectivity index (χ3n) is 4.86. The van der Waals surface area contributed by atoms with Gasteiger partial charge < -0.3 is 15.6 Å². The Balaban J connectivity index is 1.82. The minimum atomic E-state index is -1.11. The number of nitrogens with two attached hydrogens (primary N) is 1. The fourth-order valence-electron chi connectivity index (χ4n) is 3.36. The smallest absolute Gasteiger partial charge is 0.276 e. The van der Waals surface area contributed by atoms with Gasteiger partial charge in [0.2, 0.25) is 18.3 Å². The molecule has 0 aliphatic carbocycles. The average molecular weight is 485 g/mol. The molecule has 3 heterocycles. The van der Waals surface area contributed by atoms with Crippen LogP contribution in [0.5, 0.6) is 0 Å². The summed E-state index contributed by atoms with van der Waals surface area (Å²) < 4.78 is 8.71. The lowest BCUT2D eigenvalue weighted by molar-refractivity contribution is -0.180. The van der Waals surface area contributed by atoms with Crippen molar-refractivity contribution in [3.05, 3.63) is 47.4 Å². The second kappa shape index (κ2) is 10.8. The summed E-state index contributed by atoms with van der Waals surface area (Å²) in [7, 11) is 0. The van der Waals surface area contributed by atoms with Gasteiger partial charge >= 0.3 is 0 Å². The van der Waals surface area contributed by atoms with Gasteiger partial charge in [0.15, 0.2) is 5.65 Å². The number of allylic oxidation sites excluding steroid dienone is 1. The summed E-state index contributed by atoms with van der Waals surface area (Å²) in [6, 6.07) is 3.23. The number of aliphatic hydroxyl groups excluding tert-OH is 1. The molecular weight excluding hydrogens is 452 g/mol. The van der Waals surface area contributed by atoms with Crippen molar-refractivity contribution in [3.63, 3.8) is 0 Å². The summed E-state index contributed by atoms with van der Waals surface area (Å²) >= 11 is 0. The van der Waals surface area contributed by atoms with Crippen molar-refractivity contribution in [1.82, 2.24) is 29.6 Å². The highest BCUT2D eigenvalue weighted by Crippen LogP contribution is 2.20. The maximum Gasteiger partial charge on any atom is 0.276 e. The molecule has 0 spiro atoms. The number of primary amides is 1. The molecule has 0 saturated heterocycles. The number of amides is 2. The van der Waals surface area contributed by atoms with E-state index < -0.39 is 17.9 Å². The van der Waals surface area contributed by atoms with Gasteiger partial charge in [-0.05, 0) is 46.8 Å². The zero-order chi connectivity index (χ0) is 25.8. The largest absolute Gasteiger partial charge is 0.366 e. The van der Waals surface area contributed by atoms with Gasteiger partial charge in [-0.15, -0.1) is 0 Å². The zero-order valence-electron chi connectivity index (χ0n) is 20.6. The number of nitrogens with zero attached hydrogens (tertiary/aromatic N) is 5. The Bertz CT molecular complexity index is 1240. The quantitative estimate of drug-likeness (QED) is 0.249. The number of anilines is 1. The van der Waals surface area contributed by atoms with E-state index in [1.165, 1.54) is 12.3 Å². The molecule has 0 bridgehead atoms. The Morgan fingerprint density at radius 2 is 2.03 bits per heavy atom. The van der Waals surface area contributed by atoms with Gasteiger partial charge in [-0.2, -0.15) is 5.10 Å². The van der Waals surface area contributed by atoms with E-state index in [0.717, 1.165) is 5.69 Å². The van der Waals surface area contributed by atoms with Crippen LogP contribution >= 0.6 is 0 Å². The molecule has 3 rings (SSSR count). The maximum atomic E-state index is 13.0. The summed E-state index contributed by atoms with van der Waals surface area (Å²) in [4.78, 5) is 33.4. The number of aryl methyl sites for hydroxylation is 2. The molecule has 1 atom stereocenters. The Morgan fingerprint density at radius 3 is 2.69 bits per heavy atom. The minimum Gasteiger partial charge on any atom is -0.366 e. The van der Waals surface area contributed by atoms with Crippen molar-refractivity contribution in [3.8, 4) is 0 Å². The second-order valence-electron chi connectivity index (χ2n) is 8.88. The van der Waals surface area contributed by atoms with Crippen LogP contribution in [0.2, 0.25) is 0 Å². The first kappa shape index (κ1) is 26.0. The average Bonchev–Trinajstić information content (AvgIpc) is 3.31. The number of rotatable bonds is 10. The molecule has 0 fully saturated rings. The van der Waals surface area contributed by atoms with Crippen LogP contribution in [0, 0.1) is 6.92 Å². The normalized spacial score (nSPS) is 13.0. The van der Waals surface area contributed by atoms with Crippen LogP contribution in [0.25, 0.3) is 11.2 Å². The minimum absolute atomic E-state index is 0.215. The highest BCUT2D eigenvalue weighted by atomic mass is 16.6. The van der Waals surface area contributed by atoms with E-state index in [9.17, 15) is 14.7 Å². The van der Waals surface area contributed by atoms with Crippen molar-refractivity contribution in [2.45, 2.75) is 59.7 Å². The molecule has 2 amide bonds. The zero-order valence-corrected chi connectivity index (χ0v) is 20.6. The first-order valence-corrected chi connectivity index (χ1v) is 11.2. The molecular formula is C23H32N8O4. The molecule has 0 saturated carbocycles. The Morgan fingerprint density at radius 1 is 1.29 bits per heavy atom. The predicted octanol–water partition coefficient (Wildman–Crippen LogP) is 1.54. The molecule has 0 aliphatic heterocycles. The van der Waals surface area contributed by atoms with Crippen LogP contribution in [0.3, 0.4) is 0 Å². The van der Waals surface area contributed by atoms with Gasteiger partial charge in [0.1, 0.15) is 11.2 Å². The lowest BCUT2D eigenvalue weighted by Gasteiger charge is -2.24. The topological polar surface area (TPSA) is 162 Å². The number of hydrogen-bond donors (Lipinski definition) is 4. The third-order valence-corrected chi connectivity index (χ3v) is 4.86. The number of pyridine rings is 1. The molecule has 3 aromatic heterocycles. The Hall–Kier alpha value is -3.61. The summed E-state index contributed by atoms with van der Waals surface area (Å²) in [6.07, 6.45) is 3.90. The second-order valence-corrected chi connectivity index (χ2v) is 8.88. The fraction of sp³-hybridized carbons (Fsp3) is 0.435. The number of carbonyl (C=O) groups is 2. The molecule has 0 radical (unpaired) electrons. The van der Waals surface area contributed by atoms with Crippen LogP contribution in [0.4, 0.5) is 5.95 Å². The van der Waals surface area contributed by atoms with E-state index in [1.807, 2.05) is 40.7 Å². The number of aliphatic hydroxyl groups is 1. The van der Waals surface area contributed by atoms with Crippen LogP contribution in [-0.2, 0) is 17.8 Å². The van der Waals surface area contributed by atoms with E-state index in [-0.39, 0.29) is 17.4 Å². The molecule has 12 heteroatoms. The van der Waals surface area contributed by atoms with Crippen molar-refractivity contribution in [2.75, 3.05) is 11.9 Å². The lowest BCUT2D eigenvalue weighted by Crippen LogP contribution is -2.38. The SMILES string of the molecule is CCn1nc(C)cc1C(=O)Nc1nc2cc(C(N)=O)cnc2n1C/C=C/CNC(O)OC(C)(C)C. The fourth-order valence-corrected chi connectivity index (χ4v) is 3.36. The molecule has 188 valence electrons. The summed E-state index contributed by atoms with van der Waals surface area (Å²) in [5.41, 5.74) is 7.12. The van der Waals surface area contributed by atoms with Crippen molar-refractivity contribution in [1.29, 1.82) is 0 Å². The van der Waals surface area contributed by atoms with E-state index in [1.54, 1.807) is 21.4 Å². The third kappa shape index (κ3) is 6.72. The van der Waals surface area contributed by atoms with Gasteiger partial charge in [0.05, 0.1) is 16.9 Å². The lowest BCUT2D eigenvalue weighted by atomic mass is 10.2. The number of imidazole rings is 1. The first-order valence-electron chi connectivity index (χ1n) is 11.2. The van der Waals surface area contributed by atoms with Crippen LogP contribution in [0.1, 0.15) is 54.2 Å². The predicted molar refractivity (Wildman–Crippen MR) is 131 cm³/mol. The van der Waals surface area contributed by atoms with Crippen molar-refractivity contribution < 1.29 is 19.4 Å². The molecule has 1 unspecified atom stereocenters. The molecule has 3 aromatic rings. The standard InChI is InChI=1S/C23H32N8O4/c1-6-31-17(11-14(2)29-31)20(33)28-21-27-16-12-15(18(24)32)13-26-19(16)30(21)10-8-7-9-25-22(34)35-23(3,4)5/h7-8,11-13,22,25,34H,6,9-10H2,1-5H3,(H2,24,32)(H,27,28,33)/b8-7+. The van der Waals surface area contributed by atoms with Crippen LogP contribution < -0.4 is 16.4 Å². The van der Waals surface area contributed by atoms with Gasteiger partial charge in [-0.1, -0.05) is 12.2 Å². The monoisotopic (exact) mass is 484 g/mol. The number of fused-ring (bicyclic) bond motifs is 1. The van der Waals surface area contributed by atoms with Crippen LogP contribution in [-0.4, -0.2) is 59.8 Å². The van der Waals surface area contributed by atoms with E-state index in [0.29, 0.717) is 36.5 Å². The van der Waals surface area contributed by atoms with E-state index in [4.69, 9.17) is 10.5 Å². The number of carbonyl (C=O) groups excluding carboxylic acids is 2. The molecule has 35 heavy (non-hydrogen) atoms. The molecule has 12 nitrogen and oxygen atoms in total. The summed E-state index contributed by atoms with van der Waals surface area (Å²) in [5.74, 6) is -0.731.